The molecule has 1 saturated heterocycles. The highest BCUT2D eigenvalue weighted by atomic mass is 19.4. The largest absolute Gasteiger partial charge is 0.416 e. The molecule has 2 aromatic rings. The fraction of sp³-hybridized carbons (Fsp3) is 0.368. The highest BCUT2D eigenvalue weighted by Crippen LogP contribution is 2.32. The molecule has 1 aliphatic rings. The van der Waals surface area contributed by atoms with E-state index in [1.807, 2.05) is 11.0 Å². The molecule has 3 rings (SSSR count). The summed E-state index contributed by atoms with van der Waals surface area (Å²) >= 11 is 0. The van der Waals surface area contributed by atoms with Gasteiger partial charge in [0.1, 0.15) is 6.04 Å². The molecule has 138 valence electrons. The maximum absolute atomic E-state index is 13.1. The molecular formula is C19H20F3N3O. The van der Waals surface area contributed by atoms with Gasteiger partial charge in [-0.25, -0.2) is 0 Å². The monoisotopic (exact) mass is 363 g/mol. The van der Waals surface area contributed by atoms with E-state index in [1.54, 1.807) is 18.5 Å². The predicted molar refractivity (Wildman–Crippen MR) is 91.1 cm³/mol. The second-order valence-corrected chi connectivity index (χ2v) is 6.30. The summed E-state index contributed by atoms with van der Waals surface area (Å²) < 4.78 is 39.3. The molecule has 1 N–H and O–H groups in total. The first kappa shape index (κ1) is 18.4. The third-order valence-electron chi connectivity index (χ3n) is 4.53. The molecule has 0 spiro atoms. The van der Waals surface area contributed by atoms with Gasteiger partial charge in [-0.05, 0) is 49.2 Å². The van der Waals surface area contributed by atoms with Crippen LogP contribution in [0.3, 0.4) is 0 Å². The Morgan fingerprint density at radius 1 is 1.15 bits per heavy atom. The Kier molecular flexibility index (Phi) is 5.56. The minimum atomic E-state index is -4.45. The van der Waals surface area contributed by atoms with E-state index < -0.39 is 17.8 Å². The van der Waals surface area contributed by atoms with Gasteiger partial charge in [0.15, 0.2) is 0 Å². The third-order valence-corrected chi connectivity index (χ3v) is 4.53. The highest BCUT2D eigenvalue weighted by molar-refractivity contribution is 5.83. The van der Waals surface area contributed by atoms with E-state index in [4.69, 9.17) is 0 Å². The molecule has 1 aromatic heterocycles. The first-order valence-corrected chi connectivity index (χ1v) is 8.53. The molecule has 0 radical (unpaired) electrons. The van der Waals surface area contributed by atoms with Crippen LogP contribution >= 0.6 is 0 Å². The minimum absolute atomic E-state index is 0.0553. The minimum Gasteiger partial charge on any atom is -0.350 e. The van der Waals surface area contributed by atoms with Crippen LogP contribution in [-0.2, 0) is 17.5 Å². The van der Waals surface area contributed by atoms with Crippen molar-refractivity contribution < 1.29 is 18.0 Å². The SMILES string of the molecule is O=C(NCc1ccccc1C(F)(F)F)[C@@H](c1cccnc1)N1CCCC1. The van der Waals surface area contributed by atoms with Crippen LogP contribution in [0.1, 0.15) is 35.6 Å². The highest BCUT2D eigenvalue weighted by Gasteiger charge is 2.34. The predicted octanol–water partition coefficient (Wildman–Crippen LogP) is 3.55. The lowest BCUT2D eigenvalue weighted by molar-refractivity contribution is -0.138. The number of aromatic nitrogens is 1. The van der Waals surface area contributed by atoms with Gasteiger partial charge in [0.25, 0.3) is 0 Å². The first-order chi connectivity index (χ1) is 12.5. The molecule has 0 saturated carbocycles. The van der Waals surface area contributed by atoms with Gasteiger partial charge in [-0.2, -0.15) is 13.2 Å². The number of halogens is 3. The second-order valence-electron chi connectivity index (χ2n) is 6.30. The summed E-state index contributed by atoms with van der Waals surface area (Å²) in [4.78, 5) is 18.9. The lowest BCUT2D eigenvalue weighted by Gasteiger charge is -2.27. The van der Waals surface area contributed by atoms with Crippen LogP contribution in [0.2, 0.25) is 0 Å². The zero-order valence-corrected chi connectivity index (χ0v) is 14.2. The number of benzene rings is 1. The fourth-order valence-electron chi connectivity index (χ4n) is 3.30. The number of rotatable bonds is 5. The van der Waals surface area contributed by atoms with Gasteiger partial charge < -0.3 is 5.32 Å². The van der Waals surface area contributed by atoms with Crippen molar-refractivity contribution in [2.24, 2.45) is 0 Å². The molecule has 2 heterocycles. The number of carbonyl (C=O) groups excluding carboxylic acids is 1. The Hall–Kier alpha value is -2.41. The van der Waals surface area contributed by atoms with Crippen LogP contribution in [0.25, 0.3) is 0 Å². The van der Waals surface area contributed by atoms with Crippen molar-refractivity contribution in [3.05, 3.63) is 65.5 Å². The summed E-state index contributed by atoms with van der Waals surface area (Å²) in [5, 5.41) is 2.68. The molecule has 7 heteroatoms. The van der Waals surface area contributed by atoms with Crippen molar-refractivity contribution in [1.82, 2.24) is 15.2 Å². The van der Waals surface area contributed by atoms with Crippen LogP contribution in [0.4, 0.5) is 13.2 Å². The molecule has 0 unspecified atom stereocenters. The molecule has 4 nitrogen and oxygen atoms in total. The molecule has 1 fully saturated rings. The molecule has 1 aliphatic heterocycles. The maximum Gasteiger partial charge on any atom is 0.416 e. The Bertz CT molecular complexity index is 743. The average Bonchev–Trinajstić information content (AvgIpc) is 3.15. The van der Waals surface area contributed by atoms with Crippen molar-refractivity contribution in [3.63, 3.8) is 0 Å². The number of carbonyl (C=O) groups is 1. The Morgan fingerprint density at radius 3 is 2.54 bits per heavy atom. The van der Waals surface area contributed by atoms with Gasteiger partial charge in [-0.3, -0.25) is 14.7 Å². The molecular weight excluding hydrogens is 343 g/mol. The number of hydrogen-bond acceptors (Lipinski definition) is 3. The van der Waals surface area contributed by atoms with E-state index in [0.717, 1.165) is 37.6 Å². The number of pyridine rings is 1. The molecule has 0 bridgehead atoms. The zero-order valence-electron chi connectivity index (χ0n) is 14.2. The normalized spacial score (nSPS) is 16.4. The van der Waals surface area contributed by atoms with Crippen molar-refractivity contribution in [1.29, 1.82) is 0 Å². The second kappa shape index (κ2) is 7.86. The summed E-state index contributed by atoms with van der Waals surface area (Å²) in [6.07, 6.45) is 0.815. The van der Waals surface area contributed by atoms with Crippen LogP contribution in [0.15, 0.2) is 48.8 Å². The number of hydrogen-bond donors (Lipinski definition) is 1. The van der Waals surface area contributed by atoms with Gasteiger partial charge in [-0.15, -0.1) is 0 Å². The van der Waals surface area contributed by atoms with Gasteiger partial charge >= 0.3 is 6.18 Å². The molecule has 1 amide bonds. The molecule has 26 heavy (non-hydrogen) atoms. The Labute approximate surface area is 150 Å². The number of likely N-dealkylation sites (tertiary alicyclic amines) is 1. The summed E-state index contributed by atoms with van der Waals surface area (Å²) in [5.41, 5.74) is 0.0788. The van der Waals surface area contributed by atoms with Crippen LogP contribution in [0, 0.1) is 0 Å². The van der Waals surface area contributed by atoms with Gasteiger partial charge in [0, 0.05) is 18.9 Å². The standard InChI is InChI=1S/C19H20F3N3O/c20-19(21,22)16-8-2-1-6-14(16)13-24-18(26)17(25-10-3-4-11-25)15-7-5-9-23-12-15/h1-2,5-9,12,17H,3-4,10-11,13H2,(H,24,26)/t17-/m1/s1. The van der Waals surface area contributed by atoms with Crippen molar-refractivity contribution in [2.75, 3.05) is 13.1 Å². The van der Waals surface area contributed by atoms with E-state index in [9.17, 15) is 18.0 Å². The van der Waals surface area contributed by atoms with Gasteiger partial charge in [0.2, 0.25) is 5.91 Å². The van der Waals surface area contributed by atoms with Gasteiger partial charge in [-0.1, -0.05) is 24.3 Å². The summed E-state index contributed by atoms with van der Waals surface area (Å²) in [7, 11) is 0. The Morgan fingerprint density at radius 2 is 1.88 bits per heavy atom. The zero-order chi connectivity index (χ0) is 18.6. The number of nitrogens with one attached hydrogen (secondary N) is 1. The average molecular weight is 363 g/mol. The van der Waals surface area contributed by atoms with Gasteiger partial charge in [0.05, 0.1) is 5.56 Å². The summed E-state index contributed by atoms with van der Waals surface area (Å²) in [5.74, 6) is -0.308. The summed E-state index contributed by atoms with van der Waals surface area (Å²) in [6.45, 7) is 1.40. The number of amides is 1. The van der Waals surface area contributed by atoms with Crippen molar-refractivity contribution in [2.45, 2.75) is 31.6 Å². The van der Waals surface area contributed by atoms with Crippen molar-refractivity contribution in [3.8, 4) is 0 Å². The van der Waals surface area contributed by atoms with E-state index in [-0.39, 0.29) is 18.0 Å². The fourth-order valence-corrected chi connectivity index (χ4v) is 3.30. The number of alkyl halides is 3. The topological polar surface area (TPSA) is 45.2 Å². The smallest absolute Gasteiger partial charge is 0.350 e. The quantitative estimate of drug-likeness (QED) is 0.884. The van der Waals surface area contributed by atoms with Crippen molar-refractivity contribution >= 4 is 5.91 Å². The van der Waals surface area contributed by atoms with E-state index in [0.29, 0.717) is 0 Å². The molecule has 1 aromatic carbocycles. The Balaban J connectivity index is 1.77. The van der Waals surface area contributed by atoms with Crippen LogP contribution in [-0.4, -0.2) is 28.9 Å². The van der Waals surface area contributed by atoms with E-state index in [1.165, 1.54) is 18.2 Å². The third kappa shape index (κ3) is 4.22. The van der Waals surface area contributed by atoms with Crippen LogP contribution in [0.5, 0.6) is 0 Å². The molecule has 1 atom stereocenters. The lowest BCUT2D eigenvalue weighted by atomic mass is 10.1. The van der Waals surface area contributed by atoms with E-state index in [2.05, 4.69) is 10.3 Å². The van der Waals surface area contributed by atoms with E-state index >= 15 is 0 Å². The molecule has 0 aliphatic carbocycles. The maximum atomic E-state index is 13.1. The number of nitrogens with zero attached hydrogens (tertiary/aromatic N) is 2. The van der Waals surface area contributed by atoms with Crippen LogP contribution < -0.4 is 5.32 Å². The first-order valence-electron chi connectivity index (χ1n) is 8.53. The summed E-state index contributed by atoms with van der Waals surface area (Å²) in [6, 6.07) is 8.33. The lowest BCUT2D eigenvalue weighted by Crippen LogP contribution is -2.39.